The van der Waals surface area contributed by atoms with Gasteiger partial charge < -0.3 is 14.8 Å². The van der Waals surface area contributed by atoms with Crippen molar-refractivity contribution in [1.82, 2.24) is 15.0 Å². The second-order valence-corrected chi connectivity index (χ2v) is 5.12. The van der Waals surface area contributed by atoms with Crippen LogP contribution >= 0.6 is 0 Å². The van der Waals surface area contributed by atoms with Crippen molar-refractivity contribution in [3.8, 4) is 12.0 Å². The third kappa shape index (κ3) is 4.14. The molecule has 1 aromatic rings. The molecule has 2 atom stereocenters. The number of ether oxygens (including phenoxy) is 2. The summed E-state index contributed by atoms with van der Waals surface area (Å²) < 4.78 is 21.0. The Morgan fingerprint density at radius 1 is 1.24 bits per heavy atom. The maximum absolute atomic E-state index is 11.2. The van der Waals surface area contributed by atoms with Gasteiger partial charge in [0.25, 0.3) is 0 Å². The van der Waals surface area contributed by atoms with Gasteiger partial charge in [-0.25, -0.2) is 0 Å². The summed E-state index contributed by atoms with van der Waals surface area (Å²) in [5, 5.41) is 2.96. The Hall–Kier alpha value is -1.44. The molecule has 8 heteroatoms. The van der Waals surface area contributed by atoms with Crippen LogP contribution in [-0.2, 0) is 10.8 Å². The standard InChI is InChI=1S/C9H16N4O3S/c1-6(17(4)14)5-10-7-11-8(15-2)13-9(12-7)16-3/h6H,5H2,1-4H3,(H,10,11,12,13). The third-order valence-corrected chi connectivity index (χ3v) is 3.37. The van der Waals surface area contributed by atoms with Crippen molar-refractivity contribution < 1.29 is 13.7 Å². The quantitative estimate of drug-likeness (QED) is 0.774. The molecule has 0 bridgehead atoms. The second kappa shape index (κ2) is 6.33. The molecule has 0 fully saturated rings. The summed E-state index contributed by atoms with van der Waals surface area (Å²) in [6.45, 7) is 2.37. The minimum Gasteiger partial charge on any atom is -0.467 e. The summed E-state index contributed by atoms with van der Waals surface area (Å²) in [7, 11) is 2.03. The Bertz CT molecular complexity index is 380. The van der Waals surface area contributed by atoms with E-state index in [0.717, 1.165) is 0 Å². The van der Waals surface area contributed by atoms with Crippen LogP contribution in [0, 0.1) is 0 Å². The van der Waals surface area contributed by atoms with Crippen LogP contribution < -0.4 is 14.8 Å². The summed E-state index contributed by atoms with van der Waals surface area (Å²) >= 11 is 0. The molecule has 0 spiro atoms. The molecule has 0 aliphatic carbocycles. The molecular weight excluding hydrogens is 244 g/mol. The summed E-state index contributed by atoms with van der Waals surface area (Å²) in [6.07, 6.45) is 1.65. The number of rotatable bonds is 6. The van der Waals surface area contributed by atoms with E-state index < -0.39 is 10.8 Å². The van der Waals surface area contributed by atoms with Crippen LogP contribution in [0.4, 0.5) is 5.95 Å². The number of hydrogen-bond acceptors (Lipinski definition) is 7. The molecule has 1 rings (SSSR count). The summed E-state index contributed by atoms with van der Waals surface area (Å²) in [5.74, 6) is 0.339. The highest BCUT2D eigenvalue weighted by Gasteiger charge is 2.10. The molecule has 17 heavy (non-hydrogen) atoms. The molecule has 1 heterocycles. The molecule has 1 N–H and O–H groups in total. The highest BCUT2D eigenvalue weighted by molar-refractivity contribution is 7.84. The number of hydrogen-bond donors (Lipinski definition) is 1. The molecule has 96 valence electrons. The Labute approximate surface area is 102 Å². The average molecular weight is 260 g/mol. The molecule has 0 aliphatic rings. The molecular formula is C9H16N4O3S. The molecule has 1 aromatic heterocycles. The maximum Gasteiger partial charge on any atom is 0.324 e. The van der Waals surface area contributed by atoms with E-state index in [-0.39, 0.29) is 17.3 Å². The van der Waals surface area contributed by atoms with Gasteiger partial charge in [-0.05, 0) is 6.92 Å². The lowest BCUT2D eigenvalue weighted by Gasteiger charge is -2.10. The Balaban J connectivity index is 2.73. The number of anilines is 1. The molecule has 2 unspecified atom stereocenters. The molecule has 0 aliphatic heterocycles. The smallest absolute Gasteiger partial charge is 0.324 e. The Morgan fingerprint density at radius 2 is 1.76 bits per heavy atom. The van der Waals surface area contributed by atoms with Crippen LogP contribution in [0.25, 0.3) is 0 Å². The zero-order valence-corrected chi connectivity index (χ0v) is 11.1. The topological polar surface area (TPSA) is 86.2 Å². The predicted molar refractivity (Wildman–Crippen MR) is 64.9 cm³/mol. The van der Waals surface area contributed by atoms with E-state index in [1.54, 1.807) is 6.26 Å². The lowest BCUT2D eigenvalue weighted by atomic mass is 10.5. The van der Waals surface area contributed by atoms with Gasteiger partial charge in [-0.2, -0.15) is 9.97 Å². The van der Waals surface area contributed by atoms with E-state index in [1.165, 1.54) is 14.2 Å². The minimum atomic E-state index is -0.894. The van der Waals surface area contributed by atoms with E-state index in [4.69, 9.17) is 9.47 Å². The van der Waals surface area contributed by atoms with Crippen LogP contribution in [-0.4, -0.2) is 51.4 Å². The van der Waals surface area contributed by atoms with Gasteiger partial charge in [0, 0.05) is 28.9 Å². The van der Waals surface area contributed by atoms with Crippen molar-refractivity contribution in [2.24, 2.45) is 0 Å². The number of methoxy groups -OCH3 is 2. The van der Waals surface area contributed by atoms with E-state index in [2.05, 4.69) is 20.3 Å². The van der Waals surface area contributed by atoms with Gasteiger partial charge >= 0.3 is 12.0 Å². The molecule has 7 nitrogen and oxygen atoms in total. The van der Waals surface area contributed by atoms with E-state index >= 15 is 0 Å². The van der Waals surface area contributed by atoms with E-state index in [0.29, 0.717) is 12.5 Å². The zero-order chi connectivity index (χ0) is 12.8. The SMILES string of the molecule is COc1nc(NCC(C)S(C)=O)nc(OC)n1. The molecule has 0 aromatic carbocycles. The Morgan fingerprint density at radius 3 is 2.18 bits per heavy atom. The monoisotopic (exact) mass is 260 g/mol. The lowest BCUT2D eigenvalue weighted by molar-refractivity contribution is 0.341. The van der Waals surface area contributed by atoms with Gasteiger partial charge in [0.2, 0.25) is 5.95 Å². The number of aromatic nitrogens is 3. The maximum atomic E-state index is 11.2. The number of nitrogens with zero attached hydrogens (tertiary/aromatic N) is 3. The lowest BCUT2D eigenvalue weighted by Crippen LogP contribution is -2.22. The summed E-state index contributed by atoms with van der Waals surface area (Å²) in [6, 6.07) is 0.342. The van der Waals surface area contributed by atoms with Gasteiger partial charge in [0.1, 0.15) is 0 Å². The van der Waals surface area contributed by atoms with Crippen molar-refractivity contribution >= 4 is 16.7 Å². The van der Waals surface area contributed by atoms with Crippen LogP contribution in [0.5, 0.6) is 12.0 Å². The molecule has 0 saturated heterocycles. The Kier molecular flexibility index (Phi) is 5.08. The van der Waals surface area contributed by atoms with Crippen LogP contribution in [0.2, 0.25) is 0 Å². The first-order valence-electron chi connectivity index (χ1n) is 4.97. The van der Waals surface area contributed by atoms with Gasteiger partial charge in [-0.1, -0.05) is 0 Å². The van der Waals surface area contributed by atoms with Crippen molar-refractivity contribution in [2.75, 3.05) is 32.3 Å². The van der Waals surface area contributed by atoms with Gasteiger partial charge in [-0.3, -0.25) is 4.21 Å². The minimum absolute atomic E-state index is 0.00348. The van der Waals surface area contributed by atoms with Crippen molar-refractivity contribution in [2.45, 2.75) is 12.2 Å². The summed E-state index contributed by atoms with van der Waals surface area (Å²) in [4.78, 5) is 11.9. The molecule has 0 radical (unpaired) electrons. The van der Waals surface area contributed by atoms with Crippen molar-refractivity contribution in [3.63, 3.8) is 0 Å². The predicted octanol–water partition coefficient (Wildman–Crippen LogP) is 0.0677. The first-order chi connectivity index (χ1) is 8.06. The van der Waals surface area contributed by atoms with Gasteiger partial charge in [0.05, 0.1) is 14.2 Å². The van der Waals surface area contributed by atoms with Crippen molar-refractivity contribution in [1.29, 1.82) is 0 Å². The largest absolute Gasteiger partial charge is 0.467 e. The van der Waals surface area contributed by atoms with Crippen LogP contribution in [0.1, 0.15) is 6.92 Å². The van der Waals surface area contributed by atoms with Gasteiger partial charge in [-0.15, -0.1) is 4.98 Å². The molecule has 0 saturated carbocycles. The fourth-order valence-corrected chi connectivity index (χ4v) is 1.27. The summed E-state index contributed by atoms with van der Waals surface area (Å²) in [5.41, 5.74) is 0. The van der Waals surface area contributed by atoms with Gasteiger partial charge in [0.15, 0.2) is 0 Å². The normalized spacial score (nSPS) is 13.9. The molecule has 0 amide bonds. The third-order valence-electron chi connectivity index (χ3n) is 2.07. The fourth-order valence-electron chi connectivity index (χ4n) is 0.952. The first-order valence-corrected chi connectivity index (χ1v) is 6.59. The number of nitrogens with one attached hydrogen (secondary N) is 1. The van der Waals surface area contributed by atoms with E-state index in [1.807, 2.05) is 6.92 Å². The second-order valence-electron chi connectivity index (χ2n) is 3.32. The zero-order valence-electron chi connectivity index (χ0n) is 10.3. The van der Waals surface area contributed by atoms with E-state index in [9.17, 15) is 4.21 Å². The van der Waals surface area contributed by atoms with Crippen molar-refractivity contribution in [3.05, 3.63) is 0 Å². The first kappa shape index (κ1) is 13.6. The fraction of sp³-hybridized carbons (Fsp3) is 0.667. The highest BCUT2D eigenvalue weighted by Crippen LogP contribution is 2.12. The van der Waals surface area contributed by atoms with Crippen LogP contribution in [0.15, 0.2) is 0 Å². The highest BCUT2D eigenvalue weighted by atomic mass is 32.2. The van der Waals surface area contributed by atoms with Crippen LogP contribution in [0.3, 0.4) is 0 Å². The average Bonchev–Trinajstić information content (AvgIpc) is 2.35.